The van der Waals surface area contributed by atoms with Crippen LogP contribution in [0.4, 0.5) is 0 Å². The molecule has 5 heteroatoms. The standard InChI is InChI=1S/C12H20N4O/c1-3-12(5-4-6-15-12)11(17)16(2)9-10-13-7-8-14-10/h7-8,15H,3-6,9H2,1-2H3,(H,13,14). The second kappa shape index (κ2) is 4.87. The summed E-state index contributed by atoms with van der Waals surface area (Å²) in [5, 5.41) is 3.36. The summed E-state index contributed by atoms with van der Waals surface area (Å²) in [6.45, 7) is 3.54. The molecule has 1 aromatic rings. The molecule has 0 aliphatic carbocycles. The van der Waals surface area contributed by atoms with E-state index in [1.165, 1.54) is 0 Å². The highest BCUT2D eigenvalue weighted by Gasteiger charge is 2.40. The Morgan fingerprint density at radius 1 is 1.65 bits per heavy atom. The lowest BCUT2D eigenvalue weighted by Crippen LogP contribution is -2.53. The lowest BCUT2D eigenvalue weighted by atomic mass is 9.92. The molecule has 17 heavy (non-hydrogen) atoms. The zero-order valence-electron chi connectivity index (χ0n) is 10.5. The largest absolute Gasteiger partial charge is 0.347 e. The van der Waals surface area contributed by atoms with Crippen molar-refractivity contribution in [3.05, 3.63) is 18.2 Å². The van der Waals surface area contributed by atoms with E-state index < -0.39 is 0 Å². The Bertz CT molecular complexity index is 368. The van der Waals surface area contributed by atoms with Crippen molar-refractivity contribution in [3.63, 3.8) is 0 Å². The van der Waals surface area contributed by atoms with E-state index in [4.69, 9.17) is 0 Å². The minimum Gasteiger partial charge on any atom is -0.347 e. The minimum atomic E-state index is -0.346. The van der Waals surface area contributed by atoms with Gasteiger partial charge in [0.15, 0.2) is 0 Å². The highest BCUT2D eigenvalue weighted by Crippen LogP contribution is 2.25. The predicted octanol–water partition coefficient (Wildman–Crippen LogP) is 0.900. The summed E-state index contributed by atoms with van der Waals surface area (Å²) in [4.78, 5) is 21.4. The zero-order chi connectivity index (χ0) is 12.3. The zero-order valence-corrected chi connectivity index (χ0v) is 10.5. The first-order valence-electron chi connectivity index (χ1n) is 6.17. The van der Waals surface area contributed by atoms with Crippen molar-refractivity contribution in [2.45, 2.75) is 38.3 Å². The number of nitrogens with zero attached hydrogens (tertiary/aromatic N) is 2. The molecular weight excluding hydrogens is 216 g/mol. The molecular formula is C12H20N4O. The van der Waals surface area contributed by atoms with Gasteiger partial charge in [0.2, 0.25) is 5.91 Å². The van der Waals surface area contributed by atoms with Crippen molar-refractivity contribution >= 4 is 5.91 Å². The molecule has 1 saturated heterocycles. The van der Waals surface area contributed by atoms with Crippen LogP contribution in [0, 0.1) is 0 Å². The molecule has 0 radical (unpaired) electrons. The van der Waals surface area contributed by atoms with Gasteiger partial charge in [-0.05, 0) is 25.8 Å². The maximum absolute atomic E-state index is 12.4. The van der Waals surface area contributed by atoms with E-state index in [0.29, 0.717) is 6.54 Å². The number of likely N-dealkylation sites (N-methyl/N-ethyl adjacent to an activating group) is 1. The van der Waals surface area contributed by atoms with Crippen molar-refractivity contribution in [1.29, 1.82) is 0 Å². The van der Waals surface area contributed by atoms with Gasteiger partial charge in [0, 0.05) is 19.4 Å². The second-order valence-corrected chi connectivity index (χ2v) is 4.66. The van der Waals surface area contributed by atoms with Crippen molar-refractivity contribution in [1.82, 2.24) is 20.2 Å². The van der Waals surface area contributed by atoms with E-state index in [1.54, 1.807) is 17.3 Å². The third-order valence-electron chi connectivity index (χ3n) is 3.55. The van der Waals surface area contributed by atoms with Crippen LogP contribution in [0.1, 0.15) is 32.0 Å². The van der Waals surface area contributed by atoms with Crippen LogP contribution in [0.15, 0.2) is 12.4 Å². The van der Waals surface area contributed by atoms with E-state index in [-0.39, 0.29) is 11.4 Å². The SMILES string of the molecule is CCC1(C(=O)N(C)Cc2ncc[nH]2)CCCN1. The molecule has 1 unspecified atom stereocenters. The van der Waals surface area contributed by atoms with Crippen LogP contribution in [-0.4, -0.2) is 39.9 Å². The Morgan fingerprint density at radius 3 is 3.00 bits per heavy atom. The Morgan fingerprint density at radius 2 is 2.47 bits per heavy atom. The summed E-state index contributed by atoms with van der Waals surface area (Å²) in [5.41, 5.74) is -0.346. The fraction of sp³-hybridized carbons (Fsp3) is 0.667. The first kappa shape index (κ1) is 12.1. The minimum absolute atomic E-state index is 0.175. The van der Waals surface area contributed by atoms with Crippen molar-refractivity contribution in [2.24, 2.45) is 0 Å². The van der Waals surface area contributed by atoms with Gasteiger partial charge in [-0.25, -0.2) is 4.98 Å². The predicted molar refractivity (Wildman–Crippen MR) is 65.3 cm³/mol. The second-order valence-electron chi connectivity index (χ2n) is 4.66. The Hall–Kier alpha value is -1.36. The fourth-order valence-corrected chi connectivity index (χ4v) is 2.49. The van der Waals surface area contributed by atoms with Gasteiger partial charge in [0.25, 0.3) is 0 Å². The average molecular weight is 236 g/mol. The van der Waals surface area contributed by atoms with Crippen LogP contribution in [0.25, 0.3) is 0 Å². The third-order valence-corrected chi connectivity index (χ3v) is 3.55. The number of imidazole rings is 1. The van der Waals surface area contributed by atoms with E-state index in [9.17, 15) is 4.79 Å². The summed E-state index contributed by atoms with van der Waals surface area (Å²) < 4.78 is 0. The summed E-state index contributed by atoms with van der Waals surface area (Å²) >= 11 is 0. The fourth-order valence-electron chi connectivity index (χ4n) is 2.49. The van der Waals surface area contributed by atoms with Crippen LogP contribution < -0.4 is 5.32 Å². The van der Waals surface area contributed by atoms with Gasteiger partial charge in [-0.3, -0.25) is 4.79 Å². The molecule has 0 spiro atoms. The lowest BCUT2D eigenvalue weighted by molar-refractivity contribution is -0.137. The van der Waals surface area contributed by atoms with Crippen LogP contribution >= 0.6 is 0 Å². The van der Waals surface area contributed by atoms with Gasteiger partial charge in [0.05, 0.1) is 12.1 Å². The number of hydrogen-bond donors (Lipinski definition) is 2. The highest BCUT2D eigenvalue weighted by atomic mass is 16.2. The number of aromatic nitrogens is 2. The number of H-pyrrole nitrogens is 1. The Labute approximate surface area is 102 Å². The number of rotatable bonds is 4. The molecule has 1 atom stereocenters. The number of amides is 1. The van der Waals surface area contributed by atoms with Gasteiger partial charge in [-0.1, -0.05) is 6.92 Å². The summed E-state index contributed by atoms with van der Waals surface area (Å²) in [5.74, 6) is 0.999. The van der Waals surface area contributed by atoms with Gasteiger partial charge >= 0.3 is 0 Å². The summed E-state index contributed by atoms with van der Waals surface area (Å²) in [7, 11) is 1.84. The first-order chi connectivity index (χ1) is 8.18. The summed E-state index contributed by atoms with van der Waals surface area (Å²) in [6, 6.07) is 0. The van der Waals surface area contributed by atoms with E-state index >= 15 is 0 Å². The lowest BCUT2D eigenvalue weighted by Gasteiger charge is -2.31. The molecule has 1 aliphatic heterocycles. The molecule has 5 nitrogen and oxygen atoms in total. The number of carbonyl (C=O) groups is 1. The van der Waals surface area contributed by atoms with Crippen molar-refractivity contribution in [2.75, 3.05) is 13.6 Å². The maximum Gasteiger partial charge on any atom is 0.243 e. The topological polar surface area (TPSA) is 61.0 Å². The monoisotopic (exact) mass is 236 g/mol. The number of hydrogen-bond acceptors (Lipinski definition) is 3. The Balaban J connectivity index is 2.03. The van der Waals surface area contributed by atoms with Crippen molar-refractivity contribution in [3.8, 4) is 0 Å². The number of aromatic amines is 1. The molecule has 2 N–H and O–H groups in total. The molecule has 94 valence electrons. The first-order valence-corrected chi connectivity index (χ1v) is 6.17. The molecule has 1 fully saturated rings. The molecule has 1 amide bonds. The number of nitrogens with one attached hydrogen (secondary N) is 2. The highest BCUT2D eigenvalue weighted by molar-refractivity contribution is 5.86. The molecule has 1 aromatic heterocycles. The average Bonchev–Trinajstić information content (AvgIpc) is 2.99. The van der Waals surface area contributed by atoms with Crippen LogP contribution in [0.3, 0.4) is 0 Å². The van der Waals surface area contributed by atoms with E-state index in [1.807, 2.05) is 7.05 Å². The molecule has 2 rings (SSSR count). The molecule has 1 aliphatic rings. The number of carbonyl (C=O) groups excluding carboxylic acids is 1. The molecule has 2 heterocycles. The van der Waals surface area contributed by atoms with E-state index in [2.05, 4.69) is 22.2 Å². The van der Waals surface area contributed by atoms with Gasteiger partial charge in [-0.15, -0.1) is 0 Å². The third kappa shape index (κ3) is 2.34. The molecule has 0 bridgehead atoms. The Kier molecular flexibility index (Phi) is 3.47. The molecule has 0 saturated carbocycles. The van der Waals surface area contributed by atoms with Gasteiger partial charge < -0.3 is 15.2 Å². The summed E-state index contributed by atoms with van der Waals surface area (Å²) in [6.07, 6.45) is 6.33. The van der Waals surface area contributed by atoms with Crippen LogP contribution in [0.2, 0.25) is 0 Å². The van der Waals surface area contributed by atoms with E-state index in [0.717, 1.165) is 31.6 Å². The quantitative estimate of drug-likeness (QED) is 0.816. The van der Waals surface area contributed by atoms with Gasteiger partial charge in [0.1, 0.15) is 5.82 Å². The van der Waals surface area contributed by atoms with Crippen LogP contribution in [0.5, 0.6) is 0 Å². The van der Waals surface area contributed by atoms with Crippen LogP contribution in [-0.2, 0) is 11.3 Å². The normalized spacial score (nSPS) is 23.9. The maximum atomic E-state index is 12.4. The smallest absolute Gasteiger partial charge is 0.243 e. The molecule has 0 aromatic carbocycles. The van der Waals surface area contributed by atoms with Crippen molar-refractivity contribution < 1.29 is 4.79 Å². The van der Waals surface area contributed by atoms with Gasteiger partial charge in [-0.2, -0.15) is 0 Å².